The Labute approximate surface area is 130 Å². The maximum Gasteiger partial charge on any atom is 0.119 e. The number of hydrogen-bond donors (Lipinski definition) is 0. The molecule has 1 saturated heterocycles. The summed E-state index contributed by atoms with van der Waals surface area (Å²) in [7, 11) is 0. The molecule has 1 aromatic carbocycles. The van der Waals surface area contributed by atoms with Crippen molar-refractivity contribution in [3.8, 4) is 5.75 Å². The van der Waals surface area contributed by atoms with Crippen LogP contribution in [0.3, 0.4) is 0 Å². The third kappa shape index (κ3) is 6.09. The highest BCUT2D eigenvalue weighted by atomic mass is 16.5. The van der Waals surface area contributed by atoms with Crippen LogP contribution in [0.4, 0.5) is 0 Å². The molecule has 0 saturated carbocycles. The first-order valence-corrected chi connectivity index (χ1v) is 8.71. The third-order valence-electron chi connectivity index (χ3n) is 4.38. The summed E-state index contributed by atoms with van der Waals surface area (Å²) in [6, 6.07) is 8.55. The third-order valence-corrected chi connectivity index (χ3v) is 4.38. The summed E-state index contributed by atoms with van der Waals surface area (Å²) < 4.78 is 5.82. The average molecular weight is 289 g/mol. The summed E-state index contributed by atoms with van der Waals surface area (Å²) in [5, 5.41) is 0. The Morgan fingerprint density at radius 3 is 2.33 bits per heavy atom. The SMILES string of the molecule is CC(C)c1ccc(OCCCCCN2CCCCC2)cc1. The smallest absolute Gasteiger partial charge is 0.119 e. The molecule has 118 valence electrons. The topological polar surface area (TPSA) is 12.5 Å². The number of likely N-dealkylation sites (tertiary alicyclic amines) is 1. The van der Waals surface area contributed by atoms with E-state index in [-0.39, 0.29) is 0 Å². The van der Waals surface area contributed by atoms with Crippen LogP contribution in [0.25, 0.3) is 0 Å². The molecule has 0 spiro atoms. The van der Waals surface area contributed by atoms with Crippen LogP contribution in [0, 0.1) is 0 Å². The van der Waals surface area contributed by atoms with Crippen molar-refractivity contribution in [3.05, 3.63) is 29.8 Å². The minimum absolute atomic E-state index is 0.592. The number of rotatable bonds is 8. The van der Waals surface area contributed by atoms with Gasteiger partial charge >= 0.3 is 0 Å². The molecule has 0 aromatic heterocycles. The van der Waals surface area contributed by atoms with Crippen molar-refractivity contribution < 1.29 is 4.74 Å². The highest BCUT2D eigenvalue weighted by Crippen LogP contribution is 2.18. The quantitative estimate of drug-likeness (QED) is 0.635. The maximum absolute atomic E-state index is 5.82. The molecular weight excluding hydrogens is 258 g/mol. The van der Waals surface area contributed by atoms with Crippen LogP contribution in [-0.2, 0) is 0 Å². The lowest BCUT2D eigenvalue weighted by Crippen LogP contribution is -2.30. The average Bonchev–Trinajstić information content (AvgIpc) is 2.52. The van der Waals surface area contributed by atoms with E-state index < -0.39 is 0 Å². The van der Waals surface area contributed by atoms with Crippen molar-refractivity contribution in [3.63, 3.8) is 0 Å². The largest absolute Gasteiger partial charge is 0.494 e. The summed E-state index contributed by atoms with van der Waals surface area (Å²) in [5.41, 5.74) is 1.38. The van der Waals surface area contributed by atoms with Gasteiger partial charge in [0.15, 0.2) is 0 Å². The molecule has 0 bridgehead atoms. The number of nitrogens with zero attached hydrogens (tertiary/aromatic N) is 1. The first-order valence-electron chi connectivity index (χ1n) is 8.71. The van der Waals surface area contributed by atoms with E-state index in [9.17, 15) is 0 Å². The van der Waals surface area contributed by atoms with Gasteiger partial charge in [0.2, 0.25) is 0 Å². The van der Waals surface area contributed by atoms with E-state index in [1.54, 1.807) is 0 Å². The zero-order valence-corrected chi connectivity index (χ0v) is 13.8. The Morgan fingerprint density at radius 2 is 1.67 bits per heavy atom. The van der Waals surface area contributed by atoms with Gasteiger partial charge in [-0.05, 0) is 75.4 Å². The molecule has 1 fully saturated rings. The van der Waals surface area contributed by atoms with Crippen molar-refractivity contribution in [2.75, 3.05) is 26.2 Å². The fourth-order valence-electron chi connectivity index (χ4n) is 2.94. The Hall–Kier alpha value is -1.02. The van der Waals surface area contributed by atoms with Crippen LogP contribution in [0.5, 0.6) is 5.75 Å². The normalized spacial score (nSPS) is 16.3. The monoisotopic (exact) mass is 289 g/mol. The number of piperidine rings is 1. The summed E-state index contributed by atoms with van der Waals surface area (Å²) in [5.74, 6) is 1.60. The molecule has 1 aromatic rings. The number of ether oxygens (including phenoxy) is 1. The molecule has 0 amide bonds. The van der Waals surface area contributed by atoms with E-state index in [4.69, 9.17) is 4.74 Å². The minimum Gasteiger partial charge on any atom is -0.494 e. The van der Waals surface area contributed by atoms with Gasteiger partial charge < -0.3 is 9.64 Å². The second-order valence-electron chi connectivity index (χ2n) is 6.54. The van der Waals surface area contributed by atoms with Gasteiger partial charge in [0.05, 0.1) is 6.61 Å². The van der Waals surface area contributed by atoms with Gasteiger partial charge in [-0.3, -0.25) is 0 Å². The van der Waals surface area contributed by atoms with Crippen LogP contribution >= 0.6 is 0 Å². The molecule has 0 aliphatic carbocycles. The van der Waals surface area contributed by atoms with Gasteiger partial charge in [0, 0.05) is 0 Å². The fourth-order valence-corrected chi connectivity index (χ4v) is 2.94. The number of hydrogen-bond acceptors (Lipinski definition) is 2. The molecule has 2 nitrogen and oxygen atoms in total. The number of unbranched alkanes of at least 4 members (excludes halogenated alkanes) is 2. The van der Waals surface area contributed by atoms with Gasteiger partial charge in [-0.2, -0.15) is 0 Å². The predicted octanol–water partition coefficient (Wildman–Crippen LogP) is 4.85. The van der Waals surface area contributed by atoms with E-state index >= 15 is 0 Å². The molecule has 0 N–H and O–H groups in total. The van der Waals surface area contributed by atoms with E-state index in [1.165, 1.54) is 63.7 Å². The van der Waals surface area contributed by atoms with Gasteiger partial charge in [0.25, 0.3) is 0 Å². The van der Waals surface area contributed by atoms with Crippen molar-refractivity contribution in [2.24, 2.45) is 0 Å². The van der Waals surface area contributed by atoms with E-state index in [1.807, 2.05) is 0 Å². The summed E-state index contributed by atoms with van der Waals surface area (Å²) in [4.78, 5) is 2.62. The second-order valence-corrected chi connectivity index (χ2v) is 6.54. The Balaban J connectivity index is 1.53. The van der Waals surface area contributed by atoms with Crippen molar-refractivity contribution in [2.45, 2.75) is 58.3 Å². The van der Waals surface area contributed by atoms with Crippen molar-refractivity contribution in [1.82, 2.24) is 4.90 Å². The standard InChI is InChI=1S/C19H31NO/c1-17(2)18-9-11-19(12-10-18)21-16-8-4-7-15-20-13-5-3-6-14-20/h9-12,17H,3-8,13-16H2,1-2H3. The van der Waals surface area contributed by atoms with Gasteiger partial charge in [-0.15, -0.1) is 0 Å². The first kappa shape index (κ1) is 16.4. The Kier molecular flexibility index (Phi) is 7.08. The fraction of sp³-hybridized carbons (Fsp3) is 0.684. The lowest BCUT2D eigenvalue weighted by atomic mass is 10.0. The highest BCUT2D eigenvalue weighted by molar-refractivity contribution is 5.28. The van der Waals surface area contributed by atoms with E-state index in [0.29, 0.717) is 5.92 Å². The molecular formula is C19H31NO. The molecule has 2 heteroatoms. The Morgan fingerprint density at radius 1 is 0.952 bits per heavy atom. The molecule has 0 radical (unpaired) electrons. The van der Waals surface area contributed by atoms with Crippen molar-refractivity contribution in [1.29, 1.82) is 0 Å². The van der Waals surface area contributed by atoms with Crippen LogP contribution in [0.1, 0.15) is 63.9 Å². The zero-order chi connectivity index (χ0) is 14.9. The van der Waals surface area contributed by atoms with Gasteiger partial charge in [-0.1, -0.05) is 32.4 Å². The molecule has 1 heterocycles. The van der Waals surface area contributed by atoms with Crippen LogP contribution in [0.15, 0.2) is 24.3 Å². The van der Waals surface area contributed by atoms with Crippen LogP contribution < -0.4 is 4.74 Å². The summed E-state index contributed by atoms with van der Waals surface area (Å²) in [6.45, 7) is 9.21. The van der Waals surface area contributed by atoms with Gasteiger partial charge in [0.1, 0.15) is 5.75 Å². The van der Waals surface area contributed by atoms with Crippen LogP contribution in [0.2, 0.25) is 0 Å². The maximum atomic E-state index is 5.82. The molecule has 1 aliphatic rings. The van der Waals surface area contributed by atoms with E-state index in [2.05, 4.69) is 43.0 Å². The molecule has 2 rings (SSSR count). The molecule has 0 unspecified atom stereocenters. The van der Waals surface area contributed by atoms with Crippen LogP contribution in [-0.4, -0.2) is 31.1 Å². The molecule has 1 aliphatic heterocycles. The van der Waals surface area contributed by atoms with Crippen molar-refractivity contribution >= 4 is 0 Å². The highest BCUT2D eigenvalue weighted by Gasteiger charge is 2.08. The molecule has 0 atom stereocenters. The summed E-state index contributed by atoms with van der Waals surface area (Å²) in [6.07, 6.45) is 7.99. The predicted molar refractivity (Wildman–Crippen MR) is 90.2 cm³/mol. The second kappa shape index (κ2) is 9.09. The lowest BCUT2D eigenvalue weighted by molar-refractivity contribution is 0.221. The first-order chi connectivity index (χ1) is 10.3. The molecule has 21 heavy (non-hydrogen) atoms. The summed E-state index contributed by atoms with van der Waals surface area (Å²) >= 11 is 0. The zero-order valence-electron chi connectivity index (χ0n) is 13.8. The van der Waals surface area contributed by atoms with Gasteiger partial charge in [-0.25, -0.2) is 0 Å². The lowest BCUT2D eigenvalue weighted by Gasteiger charge is -2.26. The number of benzene rings is 1. The van der Waals surface area contributed by atoms with E-state index in [0.717, 1.165) is 12.4 Å². The minimum atomic E-state index is 0.592. The Bertz CT molecular complexity index is 379.